The molecule has 0 aromatic carbocycles. The van der Waals surface area contributed by atoms with Gasteiger partial charge in [0, 0.05) is 19.4 Å². The normalized spacial score (nSPS) is 13.6. The van der Waals surface area contributed by atoms with Crippen LogP contribution in [-0.4, -0.2) is 54.3 Å². The fourth-order valence-corrected chi connectivity index (χ4v) is 6.28. The first-order chi connectivity index (χ1) is 24.3. The van der Waals surface area contributed by atoms with Gasteiger partial charge < -0.3 is 20.1 Å². The minimum absolute atomic E-state index is 0.0759. The molecule has 0 aliphatic carbocycles. The number of phosphoric acid groups is 1. The zero-order valence-electron chi connectivity index (χ0n) is 32.1. The number of phosphoric ester groups is 1. The summed E-state index contributed by atoms with van der Waals surface area (Å²) in [6, 6.07) is 0. The van der Waals surface area contributed by atoms with Crippen LogP contribution in [0.15, 0.2) is 24.3 Å². The van der Waals surface area contributed by atoms with Gasteiger partial charge in [-0.2, -0.15) is 0 Å². The van der Waals surface area contributed by atoms with Gasteiger partial charge in [-0.3, -0.25) is 18.6 Å². The first-order valence-corrected chi connectivity index (χ1v) is 21.8. The Labute approximate surface area is 306 Å². The standard InChI is InChI=1S/C40H76NO8P/c1-3-5-7-9-11-13-15-17-18-19-21-22-24-26-28-30-32-39(43)41-34-35-48-50(45,46)49-37-38(42)36-47-40(44)33-31-29-27-25-23-20-16-14-12-10-8-6-4-2/h13,15,18-19,38,42H,3-12,14,16-17,20-37H2,1-2H3,(H,41,43)(H,45,46)/b15-13-,19-18-. The Morgan fingerprint density at radius 3 is 1.62 bits per heavy atom. The lowest BCUT2D eigenvalue weighted by atomic mass is 10.0. The minimum atomic E-state index is -4.41. The summed E-state index contributed by atoms with van der Waals surface area (Å²) in [5.41, 5.74) is 0. The van der Waals surface area contributed by atoms with Crippen molar-refractivity contribution in [2.24, 2.45) is 0 Å². The number of ether oxygens (including phenoxy) is 1. The fourth-order valence-electron chi connectivity index (χ4n) is 5.53. The number of aliphatic hydroxyl groups excluding tert-OH is 1. The van der Waals surface area contributed by atoms with E-state index in [1.807, 2.05) is 0 Å². The highest BCUT2D eigenvalue weighted by Gasteiger charge is 2.23. The largest absolute Gasteiger partial charge is 0.472 e. The van der Waals surface area contributed by atoms with Crippen LogP contribution < -0.4 is 5.32 Å². The molecule has 1 amide bonds. The van der Waals surface area contributed by atoms with Crippen molar-refractivity contribution in [2.45, 2.75) is 193 Å². The van der Waals surface area contributed by atoms with Crippen LogP contribution in [0.4, 0.5) is 0 Å². The van der Waals surface area contributed by atoms with Crippen LogP contribution in [0.5, 0.6) is 0 Å². The molecule has 0 heterocycles. The smallest absolute Gasteiger partial charge is 0.463 e. The van der Waals surface area contributed by atoms with Crippen molar-refractivity contribution in [1.29, 1.82) is 0 Å². The maximum atomic E-state index is 12.1. The molecule has 0 saturated heterocycles. The number of hydrogen-bond acceptors (Lipinski definition) is 7. The number of amides is 1. The van der Waals surface area contributed by atoms with Crippen molar-refractivity contribution < 1.29 is 37.9 Å². The van der Waals surface area contributed by atoms with Gasteiger partial charge in [-0.25, -0.2) is 4.57 Å². The summed E-state index contributed by atoms with van der Waals surface area (Å²) in [5.74, 6) is -0.527. The second-order valence-corrected chi connectivity index (χ2v) is 15.1. The average molecular weight is 730 g/mol. The number of carbonyl (C=O) groups is 2. The number of nitrogens with one attached hydrogen (secondary N) is 1. The van der Waals surface area contributed by atoms with Gasteiger partial charge in [0.1, 0.15) is 12.7 Å². The third-order valence-electron chi connectivity index (χ3n) is 8.63. The van der Waals surface area contributed by atoms with Crippen LogP contribution in [0, 0.1) is 0 Å². The van der Waals surface area contributed by atoms with E-state index in [2.05, 4.69) is 43.5 Å². The number of carbonyl (C=O) groups excluding carboxylic acids is 2. The fraction of sp³-hybridized carbons (Fsp3) is 0.850. The van der Waals surface area contributed by atoms with E-state index in [9.17, 15) is 24.2 Å². The Hall–Kier alpha value is -1.51. The molecule has 9 nitrogen and oxygen atoms in total. The number of hydrogen-bond donors (Lipinski definition) is 3. The Morgan fingerprint density at radius 1 is 0.620 bits per heavy atom. The van der Waals surface area contributed by atoms with Gasteiger partial charge in [0.05, 0.1) is 13.2 Å². The van der Waals surface area contributed by atoms with E-state index in [0.717, 1.165) is 64.2 Å². The van der Waals surface area contributed by atoms with Crippen LogP contribution >= 0.6 is 7.82 Å². The van der Waals surface area contributed by atoms with Crippen molar-refractivity contribution in [1.82, 2.24) is 5.32 Å². The number of rotatable bonds is 38. The number of unbranched alkanes of at least 4 members (excludes halogenated alkanes) is 21. The number of allylic oxidation sites excluding steroid dienone is 4. The molecule has 2 unspecified atom stereocenters. The number of aliphatic hydroxyl groups is 1. The van der Waals surface area contributed by atoms with Crippen molar-refractivity contribution in [3.8, 4) is 0 Å². The molecule has 0 aliphatic rings. The zero-order chi connectivity index (χ0) is 36.8. The molecular weight excluding hydrogens is 653 g/mol. The predicted molar refractivity (Wildman–Crippen MR) is 206 cm³/mol. The molecule has 2 atom stereocenters. The molecule has 0 spiro atoms. The SMILES string of the molecule is CCCCCC/C=C\C/C=C\CCCCCCCC(=O)NCCOP(=O)(O)OCC(O)COC(=O)CCCCCCCCCCCCCCC. The Kier molecular flexibility index (Phi) is 36.1. The highest BCUT2D eigenvalue weighted by atomic mass is 31.2. The molecule has 0 radical (unpaired) electrons. The summed E-state index contributed by atoms with van der Waals surface area (Å²) >= 11 is 0. The second kappa shape index (κ2) is 37.3. The zero-order valence-corrected chi connectivity index (χ0v) is 33.0. The van der Waals surface area contributed by atoms with Crippen LogP contribution in [0.3, 0.4) is 0 Å². The van der Waals surface area contributed by atoms with E-state index in [1.54, 1.807) is 0 Å². The predicted octanol–water partition coefficient (Wildman–Crippen LogP) is 10.8. The lowest BCUT2D eigenvalue weighted by Gasteiger charge is -2.15. The first kappa shape index (κ1) is 48.5. The highest BCUT2D eigenvalue weighted by Crippen LogP contribution is 2.42. The molecule has 0 aliphatic heterocycles. The van der Waals surface area contributed by atoms with Gasteiger partial charge in [-0.1, -0.05) is 154 Å². The summed E-state index contributed by atoms with van der Waals surface area (Å²) in [5, 5.41) is 12.7. The van der Waals surface area contributed by atoms with Crippen LogP contribution in [-0.2, 0) is 27.9 Å². The highest BCUT2D eigenvalue weighted by molar-refractivity contribution is 7.47. The molecule has 0 bridgehead atoms. The molecule has 0 aromatic heterocycles. The third-order valence-corrected chi connectivity index (χ3v) is 9.62. The summed E-state index contributed by atoms with van der Waals surface area (Å²) in [4.78, 5) is 33.8. The van der Waals surface area contributed by atoms with Crippen LogP contribution in [0.1, 0.15) is 187 Å². The summed E-state index contributed by atoms with van der Waals surface area (Å²) < 4.78 is 26.8. The van der Waals surface area contributed by atoms with E-state index >= 15 is 0 Å². The molecule has 0 aromatic rings. The Morgan fingerprint density at radius 2 is 1.08 bits per heavy atom. The topological polar surface area (TPSA) is 131 Å². The molecule has 3 N–H and O–H groups in total. The average Bonchev–Trinajstić information content (AvgIpc) is 3.10. The molecule has 0 rings (SSSR count). The van der Waals surface area contributed by atoms with E-state index in [-0.39, 0.29) is 32.1 Å². The van der Waals surface area contributed by atoms with Crippen molar-refractivity contribution in [3.05, 3.63) is 24.3 Å². The monoisotopic (exact) mass is 730 g/mol. The molecule has 10 heteroatoms. The van der Waals surface area contributed by atoms with Gasteiger partial charge in [-0.05, 0) is 44.9 Å². The van der Waals surface area contributed by atoms with Crippen molar-refractivity contribution >= 4 is 19.7 Å². The van der Waals surface area contributed by atoms with E-state index < -0.39 is 26.5 Å². The Bertz CT molecular complexity index is 881. The first-order valence-electron chi connectivity index (χ1n) is 20.3. The lowest BCUT2D eigenvalue weighted by molar-refractivity contribution is -0.147. The van der Waals surface area contributed by atoms with Crippen molar-refractivity contribution in [3.63, 3.8) is 0 Å². The summed E-state index contributed by atoms with van der Waals surface area (Å²) in [7, 11) is -4.41. The maximum absolute atomic E-state index is 12.1. The Balaban J connectivity index is 3.62. The van der Waals surface area contributed by atoms with Crippen LogP contribution in [0.2, 0.25) is 0 Å². The second-order valence-electron chi connectivity index (χ2n) is 13.6. The molecular formula is C40H76NO8P. The van der Waals surface area contributed by atoms with Gasteiger partial charge in [0.2, 0.25) is 5.91 Å². The van der Waals surface area contributed by atoms with E-state index in [4.69, 9.17) is 13.8 Å². The molecule has 0 fully saturated rings. The summed E-state index contributed by atoms with van der Waals surface area (Å²) in [6.07, 6.45) is 38.1. The molecule has 0 saturated carbocycles. The van der Waals surface area contributed by atoms with Gasteiger partial charge in [0.15, 0.2) is 0 Å². The third kappa shape index (κ3) is 37.7. The van der Waals surface area contributed by atoms with E-state index in [0.29, 0.717) is 6.42 Å². The van der Waals surface area contributed by atoms with Gasteiger partial charge >= 0.3 is 13.8 Å². The van der Waals surface area contributed by atoms with E-state index in [1.165, 1.54) is 96.3 Å². The lowest BCUT2D eigenvalue weighted by Crippen LogP contribution is -2.27. The van der Waals surface area contributed by atoms with Crippen molar-refractivity contribution in [2.75, 3.05) is 26.4 Å². The maximum Gasteiger partial charge on any atom is 0.472 e. The van der Waals surface area contributed by atoms with Gasteiger partial charge in [-0.15, -0.1) is 0 Å². The quantitative estimate of drug-likeness (QED) is 0.0248. The molecule has 50 heavy (non-hydrogen) atoms. The van der Waals surface area contributed by atoms with Gasteiger partial charge in [0.25, 0.3) is 0 Å². The van der Waals surface area contributed by atoms with Crippen LogP contribution in [0.25, 0.3) is 0 Å². The summed E-state index contributed by atoms with van der Waals surface area (Å²) in [6.45, 7) is 3.52. The molecule has 294 valence electrons. The minimum Gasteiger partial charge on any atom is -0.463 e. The number of esters is 1.